The average Bonchev–Trinajstić information content (AvgIpc) is 2.67. The Morgan fingerprint density at radius 3 is 2.57 bits per heavy atom. The second-order valence-corrected chi connectivity index (χ2v) is 7.38. The normalized spacial score (nSPS) is 28.3. The monoisotopic (exact) mass is 385 g/mol. The molecule has 0 radical (unpaired) electrons. The highest BCUT2D eigenvalue weighted by molar-refractivity contribution is 5.97. The van der Waals surface area contributed by atoms with Crippen LogP contribution in [0.25, 0.3) is 0 Å². The van der Waals surface area contributed by atoms with E-state index < -0.39 is 5.41 Å². The van der Waals surface area contributed by atoms with Crippen LogP contribution in [-0.4, -0.2) is 49.7 Å². The Kier molecular flexibility index (Phi) is 4.50. The number of likely N-dealkylation sites (N-methyl/N-ethyl adjacent to an activating group) is 1. The predicted octanol–water partition coefficient (Wildman–Crippen LogP) is 0.901. The maximum Gasteiger partial charge on any atom is 0.298 e. The molecule has 0 aromatic heterocycles. The molecule has 1 aliphatic heterocycles. The summed E-state index contributed by atoms with van der Waals surface area (Å²) in [7, 11) is 2.02. The van der Waals surface area contributed by atoms with Crippen LogP contribution in [0.5, 0.6) is 11.5 Å². The molecule has 1 heterocycles. The van der Waals surface area contributed by atoms with E-state index in [4.69, 9.17) is 14.2 Å². The van der Waals surface area contributed by atoms with Crippen molar-refractivity contribution in [3.8, 4) is 11.5 Å². The minimum absolute atomic E-state index is 0.0533. The number of hydrogen-bond acceptors (Lipinski definition) is 8. The second-order valence-electron chi connectivity index (χ2n) is 7.38. The number of Topliss-reactive ketones (excluding diaryl/α,β-unsaturated/α-hetero) is 1. The van der Waals surface area contributed by atoms with Gasteiger partial charge >= 0.3 is 0 Å². The minimum atomic E-state index is -0.627. The van der Waals surface area contributed by atoms with Crippen LogP contribution in [-0.2, 0) is 35.8 Å². The number of carbonyl (C=O) groups excluding carboxylic acids is 4. The average molecular weight is 385 g/mol. The van der Waals surface area contributed by atoms with E-state index in [0.717, 1.165) is 17.7 Å². The lowest BCUT2D eigenvalue weighted by Gasteiger charge is -2.56. The zero-order valence-electron chi connectivity index (χ0n) is 15.3. The molecule has 4 rings (SSSR count). The van der Waals surface area contributed by atoms with Crippen molar-refractivity contribution in [3.63, 3.8) is 0 Å². The first-order chi connectivity index (χ1) is 13.6. The van der Waals surface area contributed by atoms with E-state index in [2.05, 4.69) is 4.90 Å². The first-order valence-corrected chi connectivity index (χ1v) is 8.98. The highest BCUT2D eigenvalue weighted by atomic mass is 16.6. The van der Waals surface area contributed by atoms with Gasteiger partial charge < -0.3 is 19.1 Å². The van der Waals surface area contributed by atoms with E-state index in [1.54, 1.807) is 12.1 Å². The number of nitrogens with zero attached hydrogens (tertiary/aromatic N) is 1. The van der Waals surface area contributed by atoms with Gasteiger partial charge in [0.05, 0.1) is 0 Å². The van der Waals surface area contributed by atoms with Gasteiger partial charge in [0.2, 0.25) is 0 Å². The molecule has 1 aromatic carbocycles. The van der Waals surface area contributed by atoms with Crippen molar-refractivity contribution >= 4 is 25.2 Å². The highest BCUT2D eigenvalue weighted by Gasteiger charge is 2.56. The number of hydrogen-bond donors (Lipinski definition) is 0. The molecule has 146 valence electrons. The number of rotatable bonds is 6. The lowest BCUT2D eigenvalue weighted by molar-refractivity contribution is -0.133. The molecular weight excluding hydrogens is 366 g/mol. The fraction of sp³-hybridized carbons (Fsp3) is 0.400. The molecular formula is C20H19NO7. The lowest BCUT2D eigenvalue weighted by atomic mass is 9.53. The third-order valence-corrected chi connectivity index (χ3v) is 6.26. The summed E-state index contributed by atoms with van der Waals surface area (Å²) in [5.74, 6) is -0.0334. The van der Waals surface area contributed by atoms with E-state index in [1.165, 1.54) is 0 Å². The highest BCUT2D eigenvalue weighted by Crippen LogP contribution is 2.57. The summed E-state index contributed by atoms with van der Waals surface area (Å²) in [4.78, 5) is 47.9. The molecule has 0 saturated carbocycles. The summed E-state index contributed by atoms with van der Waals surface area (Å²) < 4.78 is 15.2. The summed E-state index contributed by atoms with van der Waals surface area (Å²) in [5, 5.41) is 0. The molecule has 1 fully saturated rings. The van der Waals surface area contributed by atoms with E-state index in [0.29, 0.717) is 19.3 Å². The van der Waals surface area contributed by atoms with Gasteiger partial charge in [-0.3, -0.25) is 19.2 Å². The Morgan fingerprint density at radius 2 is 1.86 bits per heavy atom. The maximum absolute atomic E-state index is 12.7. The van der Waals surface area contributed by atoms with Gasteiger partial charge in [-0.15, -0.1) is 0 Å². The molecule has 0 N–H and O–H groups in total. The number of benzene rings is 1. The number of likely N-dealkylation sites (tertiary alicyclic amines) is 1. The van der Waals surface area contributed by atoms with E-state index in [1.807, 2.05) is 13.1 Å². The van der Waals surface area contributed by atoms with Gasteiger partial charge in [-0.05, 0) is 44.1 Å². The van der Waals surface area contributed by atoms with Crippen LogP contribution >= 0.6 is 0 Å². The molecule has 8 heteroatoms. The lowest BCUT2D eigenvalue weighted by Crippen LogP contribution is -2.60. The topological polar surface area (TPSA) is 99.2 Å². The fourth-order valence-electron chi connectivity index (χ4n) is 5.13. The first-order valence-electron chi connectivity index (χ1n) is 8.98. The second kappa shape index (κ2) is 6.87. The quantitative estimate of drug-likeness (QED) is 0.666. The maximum atomic E-state index is 12.7. The molecule has 3 unspecified atom stereocenters. The minimum Gasteiger partial charge on any atom is -0.425 e. The van der Waals surface area contributed by atoms with Crippen molar-refractivity contribution in [1.29, 1.82) is 0 Å². The zero-order valence-corrected chi connectivity index (χ0v) is 15.3. The molecule has 3 aliphatic rings. The van der Waals surface area contributed by atoms with E-state index in [9.17, 15) is 19.2 Å². The molecule has 28 heavy (non-hydrogen) atoms. The van der Waals surface area contributed by atoms with Crippen molar-refractivity contribution in [2.24, 2.45) is 5.92 Å². The Hall–Kier alpha value is -3.00. The third kappa shape index (κ3) is 2.56. The molecule has 3 atom stereocenters. The van der Waals surface area contributed by atoms with Crippen molar-refractivity contribution in [1.82, 2.24) is 4.90 Å². The van der Waals surface area contributed by atoms with Crippen LogP contribution in [0.3, 0.4) is 0 Å². The molecule has 2 aliphatic carbocycles. The smallest absolute Gasteiger partial charge is 0.298 e. The summed E-state index contributed by atoms with van der Waals surface area (Å²) in [6.07, 6.45) is 3.15. The number of allylic oxidation sites excluding steroid dienone is 1. The standard InChI is InChI=1S/C20H19NO7/c1-21-5-4-20-8-15(25)17(27-10-23)7-13(20)14(21)6-12-2-3-16(26-9-22)19(18(12)20)28-11-24/h2-3,7,9-11,13-14H,4-6,8H2,1H3. The SMILES string of the molecule is CN1CCC23CC(=O)C(OC=O)=CC2C1Cc1ccc(OC=O)c(OC=O)c13. The van der Waals surface area contributed by atoms with Gasteiger partial charge in [0.1, 0.15) is 0 Å². The Bertz CT molecular complexity index is 893. The zero-order chi connectivity index (χ0) is 19.9. The predicted molar refractivity (Wildman–Crippen MR) is 94.6 cm³/mol. The van der Waals surface area contributed by atoms with Crippen molar-refractivity contribution in [2.75, 3.05) is 13.6 Å². The van der Waals surface area contributed by atoms with E-state index in [-0.39, 0.29) is 54.4 Å². The van der Waals surface area contributed by atoms with Gasteiger partial charge in [-0.2, -0.15) is 0 Å². The van der Waals surface area contributed by atoms with Crippen LogP contribution < -0.4 is 9.47 Å². The van der Waals surface area contributed by atoms with Gasteiger partial charge in [-0.25, -0.2) is 0 Å². The number of fused-ring (bicyclic) bond motifs is 1. The number of ketones is 1. The van der Waals surface area contributed by atoms with Crippen molar-refractivity contribution in [2.45, 2.75) is 30.7 Å². The molecule has 0 spiro atoms. The van der Waals surface area contributed by atoms with Crippen LogP contribution in [0, 0.1) is 5.92 Å². The Morgan fingerprint density at radius 1 is 1.11 bits per heavy atom. The largest absolute Gasteiger partial charge is 0.425 e. The van der Waals surface area contributed by atoms with Crippen LogP contribution in [0.1, 0.15) is 24.0 Å². The number of carbonyl (C=O) groups is 4. The molecule has 1 saturated heterocycles. The first kappa shape index (κ1) is 18.4. The summed E-state index contributed by atoms with van der Waals surface area (Å²) >= 11 is 0. The summed E-state index contributed by atoms with van der Waals surface area (Å²) in [6, 6.07) is 3.54. The van der Waals surface area contributed by atoms with Gasteiger partial charge in [-0.1, -0.05) is 6.07 Å². The van der Waals surface area contributed by atoms with Crippen LogP contribution in [0.2, 0.25) is 0 Å². The van der Waals surface area contributed by atoms with Crippen molar-refractivity contribution < 1.29 is 33.4 Å². The molecule has 0 amide bonds. The van der Waals surface area contributed by atoms with E-state index >= 15 is 0 Å². The van der Waals surface area contributed by atoms with Crippen LogP contribution in [0.4, 0.5) is 0 Å². The molecule has 8 nitrogen and oxygen atoms in total. The van der Waals surface area contributed by atoms with Gasteiger partial charge in [0.15, 0.2) is 23.0 Å². The van der Waals surface area contributed by atoms with Crippen LogP contribution in [0.15, 0.2) is 24.0 Å². The number of ether oxygens (including phenoxy) is 3. The third-order valence-electron chi connectivity index (χ3n) is 6.26. The Balaban J connectivity index is 1.96. The summed E-state index contributed by atoms with van der Waals surface area (Å²) in [6.45, 7) is 1.58. The number of piperidine rings is 1. The molecule has 2 bridgehead atoms. The Labute approximate surface area is 161 Å². The van der Waals surface area contributed by atoms with Crippen molar-refractivity contribution in [3.05, 3.63) is 35.1 Å². The summed E-state index contributed by atoms with van der Waals surface area (Å²) in [5.41, 5.74) is 1.05. The molecule has 1 aromatic rings. The van der Waals surface area contributed by atoms with Gasteiger partial charge in [0, 0.05) is 29.4 Å². The van der Waals surface area contributed by atoms with Gasteiger partial charge in [0.25, 0.3) is 19.4 Å². The fourth-order valence-corrected chi connectivity index (χ4v) is 5.13.